The van der Waals surface area contributed by atoms with Crippen LogP contribution in [0.15, 0.2) is 36.0 Å². The fourth-order valence-electron chi connectivity index (χ4n) is 3.53. The molecule has 0 saturated carbocycles. The van der Waals surface area contributed by atoms with Crippen LogP contribution in [0.4, 0.5) is 18.0 Å². The summed E-state index contributed by atoms with van der Waals surface area (Å²) in [5.41, 5.74) is 1.46. The van der Waals surface area contributed by atoms with Crippen molar-refractivity contribution in [3.8, 4) is 0 Å². The van der Waals surface area contributed by atoms with Crippen molar-refractivity contribution in [2.45, 2.75) is 36.8 Å². The largest absolute Gasteiger partial charge is 0.465 e. The number of hydrogen-bond acceptors (Lipinski definition) is 3. The normalized spacial score (nSPS) is 16.7. The molecule has 1 aliphatic rings. The van der Waals surface area contributed by atoms with Gasteiger partial charge in [0.15, 0.2) is 5.16 Å². The Balaban J connectivity index is 1.88. The number of rotatable bonds is 5. The number of alkyl halides is 3. The Bertz CT molecular complexity index is 878. The summed E-state index contributed by atoms with van der Waals surface area (Å²) in [7, 11) is 0. The summed E-state index contributed by atoms with van der Waals surface area (Å²) in [5, 5.41) is 10.4. The van der Waals surface area contributed by atoms with Gasteiger partial charge in [-0.05, 0) is 42.9 Å². The lowest BCUT2D eigenvalue weighted by Crippen LogP contribution is -2.41. The summed E-state index contributed by atoms with van der Waals surface area (Å²) >= 11 is 1.48. The molecule has 1 aromatic heterocycles. The number of imidazole rings is 1. The van der Waals surface area contributed by atoms with Gasteiger partial charge in [-0.25, -0.2) is 9.78 Å². The van der Waals surface area contributed by atoms with Crippen LogP contribution in [0.5, 0.6) is 0 Å². The molecule has 1 amide bonds. The third-order valence-corrected chi connectivity index (χ3v) is 5.54. The van der Waals surface area contributed by atoms with Crippen molar-refractivity contribution in [2.75, 3.05) is 12.8 Å². The summed E-state index contributed by atoms with van der Waals surface area (Å²) in [5.74, 6) is 0. The van der Waals surface area contributed by atoms with Crippen molar-refractivity contribution in [3.05, 3.63) is 53.4 Å². The maximum absolute atomic E-state index is 12.7. The van der Waals surface area contributed by atoms with Crippen molar-refractivity contribution in [3.63, 3.8) is 0 Å². The number of carboxylic acid groups (broad SMARTS) is 1. The fraction of sp³-hybridized carbons (Fsp3) is 0.368. The predicted molar refractivity (Wildman–Crippen MR) is 101 cm³/mol. The zero-order chi connectivity index (χ0) is 20.5. The van der Waals surface area contributed by atoms with Gasteiger partial charge in [-0.3, -0.25) is 4.90 Å². The third-order valence-electron chi connectivity index (χ3n) is 4.87. The quantitative estimate of drug-likeness (QED) is 0.709. The summed E-state index contributed by atoms with van der Waals surface area (Å²) in [6.07, 6.45) is -0.987. The van der Waals surface area contributed by atoms with Gasteiger partial charge in [0, 0.05) is 13.1 Å². The minimum Gasteiger partial charge on any atom is -0.465 e. The highest BCUT2D eigenvalue weighted by atomic mass is 32.2. The number of fused-ring (bicyclic) bond motifs is 1. The molecule has 1 N–H and O–H groups in total. The lowest BCUT2D eigenvalue weighted by atomic mass is 9.98. The second-order valence-corrected chi connectivity index (χ2v) is 7.22. The van der Waals surface area contributed by atoms with Crippen LogP contribution < -0.4 is 0 Å². The van der Waals surface area contributed by atoms with E-state index in [2.05, 4.69) is 11.6 Å². The zero-order valence-electron chi connectivity index (χ0n) is 15.2. The Morgan fingerprint density at radius 1 is 1.36 bits per heavy atom. The van der Waals surface area contributed by atoms with Crippen molar-refractivity contribution in [1.82, 2.24) is 14.5 Å². The summed E-state index contributed by atoms with van der Waals surface area (Å²) < 4.78 is 40.2. The molecule has 0 radical (unpaired) electrons. The van der Waals surface area contributed by atoms with E-state index < -0.39 is 23.9 Å². The van der Waals surface area contributed by atoms with E-state index in [0.29, 0.717) is 31.6 Å². The van der Waals surface area contributed by atoms with Gasteiger partial charge in [-0.1, -0.05) is 30.5 Å². The van der Waals surface area contributed by atoms with Crippen LogP contribution in [0.3, 0.4) is 0 Å². The highest BCUT2D eigenvalue weighted by Crippen LogP contribution is 2.36. The van der Waals surface area contributed by atoms with Crippen LogP contribution in [-0.4, -0.2) is 38.5 Å². The second kappa shape index (κ2) is 7.90. The SMILES string of the molecule is C=Cc1nc(SC)n2c1C(CCc1ccc(C(F)(F)F)cc1)N(C(=O)O)CC2. The van der Waals surface area contributed by atoms with Gasteiger partial charge in [0.05, 0.1) is 23.0 Å². The maximum Gasteiger partial charge on any atom is 0.416 e. The van der Waals surface area contributed by atoms with Crippen molar-refractivity contribution in [2.24, 2.45) is 0 Å². The molecule has 1 unspecified atom stereocenters. The minimum absolute atomic E-state index is 0.334. The molecular weight excluding hydrogens is 391 g/mol. The number of aromatic nitrogens is 2. The molecule has 0 spiro atoms. The first-order chi connectivity index (χ1) is 13.3. The summed E-state index contributed by atoms with van der Waals surface area (Å²) in [6, 6.07) is 4.55. The molecule has 1 aromatic carbocycles. The number of hydrogen-bond donors (Lipinski definition) is 1. The Hall–Kier alpha value is -2.42. The first-order valence-electron chi connectivity index (χ1n) is 8.68. The van der Waals surface area contributed by atoms with E-state index in [1.165, 1.54) is 28.8 Å². The average molecular weight is 411 g/mol. The van der Waals surface area contributed by atoms with Gasteiger partial charge in [0.2, 0.25) is 0 Å². The van der Waals surface area contributed by atoms with E-state index in [1.807, 2.05) is 10.8 Å². The van der Waals surface area contributed by atoms with Crippen molar-refractivity contribution in [1.29, 1.82) is 0 Å². The van der Waals surface area contributed by atoms with E-state index in [0.717, 1.165) is 28.5 Å². The molecule has 1 atom stereocenters. The summed E-state index contributed by atoms with van der Waals surface area (Å²) in [4.78, 5) is 17.7. The van der Waals surface area contributed by atoms with Gasteiger partial charge in [-0.15, -0.1) is 0 Å². The molecule has 3 rings (SSSR count). The van der Waals surface area contributed by atoms with Gasteiger partial charge >= 0.3 is 12.3 Å². The van der Waals surface area contributed by atoms with Crippen molar-refractivity contribution < 1.29 is 23.1 Å². The van der Waals surface area contributed by atoms with E-state index in [4.69, 9.17) is 0 Å². The second-order valence-electron chi connectivity index (χ2n) is 6.45. The molecule has 0 bridgehead atoms. The Labute approximate surface area is 164 Å². The Morgan fingerprint density at radius 3 is 2.57 bits per heavy atom. The van der Waals surface area contributed by atoms with Crippen LogP contribution in [0.1, 0.15) is 35.0 Å². The smallest absolute Gasteiger partial charge is 0.416 e. The molecule has 0 aliphatic carbocycles. The fourth-order valence-corrected chi connectivity index (χ4v) is 4.13. The standard InChI is InChI=1S/C19H20F3N3O2S/c1-3-14-16-15(9-6-12-4-7-13(8-5-12)19(20,21)22)24(18(26)27)10-11-25(16)17(23-14)28-2/h3-5,7-8,15H,1,6,9-11H2,2H3,(H,26,27). The number of thioether (sulfide) groups is 1. The number of amides is 1. The molecule has 2 aromatic rings. The highest BCUT2D eigenvalue weighted by molar-refractivity contribution is 7.98. The monoisotopic (exact) mass is 411 g/mol. The first-order valence-corrected chi connectivity index (χ1v) is 9.91. The van der Waals surface area contributed by atoms with E-state index in [9.17, 15) is 23.1 Å². The number of carbonyl (C=O) groups is 1. The van der Waals surface area contributed by atoms with Crippen LogP contribution in [0.25, 0.3) is 6.08 Å². The molecular formula is C19H20F3N3O2S. The molecule has 2 heterocycles. The lowest BCUT2D eigenvalue weighted by molar-refractivity contribution is -0.137. The third kappa shape index (κ3) is 3.89. The first kappa shape index (κ1) is 20.3. The highest BCUT2D eigenvalue weighted by Gasteiger charge is 2.35. The maximum atomic E-state index is 12.7. The number of benzene rings is 1. The molecule has 150 valence electrons. The summed E-state index contributed by atoms with van der Waals surface area (Å²) in [6.45, 7) is 4.63. The van der Waals surface area contributed by atoms with Crippen LogP contribution in [-0.2, 0) is 19.1 Å². The van der Waals surface area contributed by atoms with Crippen LogP contribution in [0, 0.1) is 0 Å². The minimum atomic E-state index is -4.37. The van der Waals surface area contributed by atoms with Gasteiger partial charge in [0.25, 0.3) is 0 Å². The van der Waals surface area contributed by atoms with Crippen LogP contribution in [0.2, 0.25) is 0 Å². The van der Waals surface area contributed by atoms with Gasteiger partial charge < -0.3 is 9.67 Å². The number of aryl methyl sites for hydroxylation is 1. The number of halogens is 3. The van der Waals surface area contributed by atoms with E-state index in [1.54, 1.807) is 6.08 Å². The van der Waals surface area contributed by atoms with E-state index >= 15 is 0 Å². The van der Waals surface area contributed by atoms with Crippen molar-refractivity contribution >= 4 is 23.9 Å². The number of nitrogens with zero attached hydrogens (tertiary/aromatic N) is 3. The molecule has 1 aliphatic heterocycles. The molecule has 0 fully saturated rings. The molecule has 28 heavy (non-hydrogen) atoms. The Morgan fingerprint density at radius 2 is 2.04 bits per heavy atom. The molecule has 5 nitrogen and oxygen atoms in total. The van der Waals surface area contributed by atoms with E-state index in [-0.39, 0.29) is 0 Å². The molecule has 0 saturated heterocycles. The van der Waals surface area contributed by atoms with Gasteiger partial charge in [-0.2, -0.15) is 13.2 Å². The lowest BCUT2D eigenvalue weighted by Gasteiger charge is -2.35. The predicted octanol–water partition coefficient (Wildman–Crippen LogP) is 4.93. The topological polar surface area (TPSA) is 58.4 Å². The Kier molecular flexibility index (Phi) is 5.74. The zero-order valence-corrected chi connectivity index (χ0v) is 16.1. The average Bonchev–Trinajstić information content (AvgIpc) is 3.03. The van der Waals surface area contributed by atoms with Crippen LogP contribution >= 0.6 is 11.8 Å². The van der Waals surface area contributed by atoms with Gasteiger partial charge in [0.1, 0.15) is 0 Å². The molecule has 9 heteroatoms.